The van der Waals surface area contributed by atoms with Gasteiger partial charge in [-0.3, -0.25) is 4.79 Å². The highest BCUT2D eigenvalue weighted by Gasteiger charge is 2.36. The van der Waals surface area contributed by atoms with E-state index < -0.39 is 10.0 Å². The molecule has 1 aromatic rings. The summed E-state index contributed by atoms with van der Waals surface area (Å²) >= 11 is 0. The summed E-state index contributed by atoms with van der Waals surface area (Å²) in [4.78, 5) is 12.7. The number of sulfonamides is 1. The van der Waals surface area contributed by atoms with Crippen LogP contribution in [-0.2, 0) is 14.8 Å². The van der Waals surface area contributed by atoms with Gasteiger partial charge in [-0.2, -0.15) is 0 Å². The maximum Gasteiger partial charge on any atom is 0.223 e. The molecule has 132 valence electrons. The van der Waals surface area contributed by atoms with E-state index in [1.54, 1.807) is 6.92 Å². The molecular formula is C18H26N2O3S. The van der Waals surface area contributed by atoms with Crippen LogP contribution in [-0.4, -0.2) is 37.5 Å². The van der Waals surface area contributed by atoms with E-state index in [4.69, 9.17) is 0 Å². The van der Waals surface area contributed by atoms with E-state index in [-0.39, 0.29) is 23.6 Å². The van der Waals surface area contributed by atoms with E-state index in [1.807, 2.05) is 18.2 Å². The number of nitrogens with one attached hydrogen (secondary N) is 1. The second kappa shape index (κ2) is 7.23. The van der Waals surface area contributed by atoms with Crippen LogP contribution in [0.5, 0.6) is 0 Å². The van der Waals surface area contributed by atoms with Gasteiger partial charge in [0.1, 0.15) is 0 Å². The van der Waals surface area contributed by atoms with Gasteiger partial charge in [0.05, 0.1) is 11.8 Å². The van der Waals surface area contributed by atoms with Crippen LogP contribution in [0.4, 0.5) is 0 Å². The Morgan fingerprint density at radius 3 is 2.33 bits per heavy atom. The first-order valence-corrected chi connectivity index (χ1v) is 10.5. The van der Waals surface area contributed by atoms with Gasteiger partial charge >= 0.3 is 0 Å². The molecule has 1 amide bonds. The van der Waals surface area contributed by atoms with Gasteiger partial charge in [0.15, 0.2) is 0 Å². The van der Waals surface area contributed by atoms with Crippen LogP contribution >= 0.6 is 0 Å². The fraction of sp³-hybridized carbons (Fsp3) is 0.611. The average Bonchev–Trinajstić information content (AvgIpc) is 3.45. The molecule has 1 N–H and O–H groups in total. The van der Waals surface area contributed by atoms with Gasteiger partial charge in [-0.1, -0.05) is 30.3 Å². The van der Waals surface area contributed by atoms with Crippen molar-refractivity contribution in [2.45, 2.75) is 38.6 Å². The third-order valence-corrected chi connectivity index (χ3v) is 7.01. The lowest BCUT2D eigenvalue weighted by atomic mass is 9.95. The van der Waals surface area contributed by atoms with Crippen molar-refractivity contribution < 1.29 is 13.2 Å². The molecule has 6 heteroatoms. The van der Waals surface area contributed by atoms with Crippen molar-refractivity contribution in [2.75, 3.05) is 18.8 Å². The van der Waals surface area contributed by atoms with Gasteiger partial charge in [0.25, 0.3) is 0 Å². The van der Waals surface area contributed by atoms with E-state index in [0.29, 0.717) is 31.8 Å². The minimum absolute atomic E-state index is 0.0734. The average molecular weight is 350 g/mol. The molecule has 24 heavy (non-hydrogen) atoms. The van der Waals surface area contributed by atoms with Crippen LogP contribution in [0, 0.1) is 11.8 Å². The minimum Gasteiger partial charge on any atom is -0.349 e. The second-order valence-corrected chi connectivity index (χ2v) is 9.07. The summed E-state index contributed by atoms with van der Waals surface area (Å²) in [6.07, 6.45) is 3.54. The standard InChI is InChI=1S/C18H26N2O3S/c1-2-24(22,23)20-12-10-16(11-13-20)18(21)19-17(15-8-9-15)14-6-4-3-5-7-14/h3-7,15-17H,2,8-13H2,1H3,(H,19,21). The molecule has 5 nitrogen and oxygen atoms in total. The Bertz CT molecular complexity index is 663. The molecule has 0 spiro atoms. The monoisotopic (exact) mass is 350 g/mol. The Hall–Kier alpha value is -1.40. The molecule has 1 unspecified atom stereocenters. The fourth-order valence-corrected chi connectivity index (χ4v) is 4.55. The number of hydrogen-bond donors (Lipinski definition) is 1. The number of carbonyl (C=O) groups excluding carboxylic acids is 1. The number of benzene rings is 1. The molecule has 1 aromatic carbocycles. The first-order valence-electron chi connectivity index (χ1n) is 8.84. The number of amides is 1. The highest BCUT2D eigenvalue weighted by Crippen LogP contribution is 2.41. The van der Waals surface area contributed by atoms with Crippen molar-refractivity contribution in [3.05, 3.63) is 35.9 Å². The Labute approximate surface area is 144 Å². The first kappa shape index (κ1) is 17.4. The molecule has 2 fully saturated rings. The van der Waals surface area contributed by atoms with Crippen LogP contribution in [0.15, 0.2) is 30.3 Å². The third kappa shape index (κ3) is 3.98. The molecule has 1 heterocycles. The summed E-state index contributed by atoms with van der Waals surface area (Å²) in [6.45, 7) is 2.57. The Balaban J connectivity index is 1.59. The summed E-state index contributed by atoms with van der Waals surface area (Å²) < 4.78 is 25.4. The first-order chi connectivity index (χ1) is 11.5. The quantitative estimate of drug-likeness (QED) is 0.856. The molecular weight excluding hydrogens is 324 g/mol. The minimum atomic E-state index is -3.14. The molecule has 1 saturated heterocycles. The summed E-state index contributed by atoms with van der Waals surface area (Å²) in [6, 6.07) is 10.2. The fourth-order valence-electron chi connectivity index (χ4n) is 3.41. The zero-order valence-corrected chi connectivity index (χ0v) is 15.0. The van der Waals surface area contributed by atoms with Gasteiger partial charge in [-0.15, -0.1) is 0 Å². The maximum atomic E-state index is 12.7. The Morgan fingerprint density at radius 2 is 1.79 bits per heavy atom. The topological polar surface area (TPSA) is 66.5 Å². The number of rotatable bonds is 6. The zero-order chi connectivity index (χ0) is 17.2. The molecule has 1 saturated carbocycles. The largest absolute Gasteiger partial charge is 0.349 e. The van der Waals surface area contributed by atoms with Crippen molar-refractivity contribution in [1.82, 2.24) is 9.62 Å². The van der Waals surface area contributed by atoms with Gasteiger partial charge in [-0.05, 0) is 44.1 Å². The zero-order valence-electron chi connectivity index (χ0n) is 14.1. The number of hydrogen-bond acceptors (Lipinski definition) is 3. The summed E-state index contributed by atoms with van der Waals surface area (Å²) in [5.41, 5.74) is 1.17. The molecule has 1 aliphatic heterocycles. The number of piperidine rings is 1. The van der Waals surface area contributed by atoms with Crippen molar-refractivity contribution >= 4 is 15.9 Å². The highest BCUT2D eigenvalue weighted by atomic mass is 32.2. The van der Waals surface area contributed by atoms with Crippen molar-refractivity contribution in [3.8, 4) is 0 Å². The predicted octanol–water partition coefficient (Wildman–Crippen LogP) is 2.32. The van der Waals surface area contributed by atoms with E-state index >= 15 is 0 Å². The van der Waals surface area contributed by atoms with Gasteiger partial charge in [0.2, 0.25) is 15.9 Å². The van der Waals surface area contributed by atoms with Crippen LogP contribution in [0.1, 0.15) is 44.2 Å². The molecule has 0 bridgehead atoms. The molecule has 3 rings (SSSR count). The molecule has 2 aliphatic rings. The predicted molar refractivity (Wildman–Crippen MR) is 93.8 cm³/mol. The van der Waals surface area contributed by atoms with Crippen LogP contribution < -0.4 is 5.32 Å². The molecule has 0 aromatic heterocycles. The summed E-state index contributed by atoms with van der Waals surface area (Å²) in [5.74, 6) is 0.654. The van der Waals surface area contributed by atoms with Crippen LogP contribution in [0.3, 0.4) is 0 Å². The van der Waals surface area contributed by atoms with Gasteiger partial charge in [-0.25, -0.2) is 12.7 Å². The SMILES string of the molecule is CCS(=O)(=O)N1CCC(C(=O)NC(c2ccccc2)C2CC2)CC1. The third-order valence-electron chi connectivity index (χ3n) is 5.13. The van der Waals surface area contributed by atoms with E-state index in [9.17, 15) is 13.2 Å². The lowest BCUT2D eigenvalue weighted by Crippen LogP contribution is -2.44. The lowest BCUT2D eigenvalue weighted by Gasteiger charge is -2.31. The van der Waals surface area contributed by atoms with Crippen molar-refractivity contribution in [1.29, 1.82) is 0 Å². The normalized spacial score (nSPS) is 21.4. The van der Waals surface area contributed by atoms with E-state index in [2.05, 4.69) is 17.4 Å². The Morgan fingerprint density at radius 1 is 1.17 bits per heavy atom. The number of nitrogens with zero attached hydrogens (tertiary/aromatic N) is 1. The van der Waals surface area contributed by atoms with Crippen molar-refractivity contribution in [2.24, 2.45) is 11.8 Å². The lowest BCUT2D eigenvalue weighted by molar-refractivity contribution is -0.127. The smallest absolute Gasteiger partial charge is 0.223 e. The second-order valence-electron chi connectivity index (χ2n) is 6.81. The molecule has 1 atom stereocenters. The van der Waals surface area contributed by atoms with Crippen LogP contribution in [0.25, 0.3) is 0 Å². The van der Waals surface area contributed by atoms with E-state index in [0.717, 1.165) is 12.8 Å². The maximum absolute atomic E-state index is 12.7. The van der Waals surface area contributed by atoms with Gasteiger partial charge in [0, 0.05) is 19.0 Å². The summed E-state index contributed by atoms with van der Waals surface area (Å²) in [7, 11) is -3.14. The van der Waals surface area contributed by atoms with Crippen LogP contribution in [0.2, 0.25) is 0 Å². The number of carbonyl (C=O) groups is 1. The molecule has 0 radical (unpaired) electrons. The van der Waals surface area contributed by atoms with Gasteiger partial charge < -0.3 is 5.32 Å². The van der Waals surface area contributed by atoms with E-state index in [1.165, 1.54) is 9.87 Å². The van der Waals surface area contributed by atoms with Crippen molar-refractivity contribution in [3.63, 3.8) is 0 Å². The molecule has 1 aliphatic carbocycles. The highest BCUT2D eigenvalue weighted by molar-refractivity contribution is 7.89. The summed E-state index contributed by atoms with van der Waals surface area (Å²) in [5, 5.41) is 3.23. The Kier molecular flexibility index (Phi) is 5.25.